The van der Waals surface area contributed by atoms with E-state index in [0.717, 1.165) is 5.56 Å². The second-order valence-electron chi connectivity index (χ2n) is 5.87. The van der Waals surface area contributed by atoms with Gasteiger partial charge in [0, 0.05) is 0 Å². The van der Waals surface area contributed by atoms with E-state index in [1.807, 2.05) is 25.1 Å². The highest BCUT2D eigenvalue weighted by molar-refractivity contribution is 7.89. The van der Waals surface area contributed by atoms with Crippen molar-refractivity contribution in [2.24, 2.45) is 0 Å². The molecule has 6 nitrogen and oxygen atoms in total. The molecular weight excluding hydrogens is 342 g/mol. The first kappa shape index (κ1) is 17.6. The van der Waals surface area contributed by atoms with Crippen LogP contribution in [-0.4, -0.2) is 34.8 Å². The van der Waals surface area contributed by atoms with Crippen LogP contribution in [0.3, 0.4) is 0 Å². The van der Waals surface area contributed by atoms with Crippen LogP contribution in [0.2, 0.25) is 0 Å². The van der Waals surface area contributed by atoms with Crippen LogP contribution in [0.15, 0.2) is 41.3 Å². The number of fused-ring (bicyclic) bond motifs is 1. The van der Waals surface area contributed by atoms with Crippen LogP contribution < -0.4 is 18.9 Å². The molecule has 25 heavy (non-hydrogen) atoms. The monoisotopic (exact) mass is 363 g/mol. The molecule has 2 aromatic rings. The highest BCUT2D eigenvalue weighted by atomic mass is 32.2. The highest BCUT2D eigenvalue weighted by Gasteiger charge is 2.25. The van der Waals surface area contributed by atoms with Crippen LogP contribution in [0, 0.1) is 13.8 Å². The molecule has 0 saturated heterocycles. The van der Waals surface area contributed by atoms with Gasteiger partial charge in [0.15, 0.2) is 11.5 Å². The minimum atomic E-state index is -3.66. The Bertz CT molecular complexity index is 879. The molecule has 0 unspecified atom stereocenters. The zero-order chi connectivity index (χ0) is 18.0. The van der Waals surface area contributed by atoms with Gasteiger partial charge in [-0.2, -0.15) is 0 Å². The summed E-state index contributed by atoms with van der Waals surface area (Å²) in [6, 6.07) is 10.5. The summed E-state index contributed by atoms with van der Waals surface area (Å²) >= 11 is 0. The van der Waals surface area contributed by atoms with Gasteiger partial charge >= 0.3 is 0 Å². The molecule has 1 atom stereocenters. The topological polar surface area (TPSA) is 73.9 Å². The first-order chi connectivity index (χ1) is 11.9. The van der Waals surface area contributed by atoms with Crippen LogP contribution in [-0.2, 0) is 10.0 Å². The standard InChI is InChI=1S/C18H21NO5S/c1-12-13(2)18(9-8-15(12)22-3)25(20,21)19-10-14-11-23-16-6-4-5-7-17(16)24-14/h4-9,14,19H,10-11H2,1-3H3/t14-/m0/s1. The minimum absolute atomic E-state index is 0.126. The highest BCUT2D eigenvalue weighted by Crippen LogP contribution is 2.31. The Kier molecular flexibility index (Phi) is 4.87. The van der Waals surface area contributed by atoms with Gasteiger partial charge in [-0.1, -0.05) is 12.1 Å². The van der Waals surface area contributed by atoms with Crippen LogP contribution >= 0.6 is 0 Å². The van der Waals surface area contributed by atoms with E-state index in [1.165, 1.54) is 0 Å². The van der Waals surface area contributed by atoms with Gasteiger partial charge in [-0.3, -0.25) is 0 Å². The molecule has 1 N–H and O–H groups in total. The fraction of sp³-hybridized carbons (Fsp3) is 0.333. The number of para-hydroxylation sites is 2. The third kappa shape index (κ3) is 3.57. The maximum atomic E-state index is 12.6. The smallest absolute Gasteiger partial charge is 0.240 e. The second kappa shape index (κ2) is 6.93. The molecule has 0 saturated carbocycles. The number of hydrogen-bond acceptors (Lipinski definition) is 5. The molecule has 0 spiro atoms. The van der Waals surface area contributed by atoms with Crippen molar-refractivity contribution in [1.29, 1.82) is 0 Å². The Morgan fingerprint density at radius 3 is 2.56 bits per heavy atom. The number of benzene rings is 2. The van der Waals surface area contributed by atoms with Gasteiger partial charge in [0.05, 0.1) is 18.6 Å². The van der Waals surface area contributed by atoms with Crippen molar-refractivity contribution < 1.29 is 22.6 Å². The summed E-state index contributed by atoms with van der Waals surface area (Å²) in [5.74, 6) is 1.95. The van der Waals surface area contributed by atoms with E-state index in [1.54, 1.807) is 32.2 Å². The third-order valence-corrected chi connectivity index (χ3v) is 5.83. The number of nitrogens with one attached hydrogen (secondary N) is 1. The summed E-state index contributed by atoms with van der Waals surface area (Å²) < 4.78 is 44.5. The Balaban J connectivity index is 1.72. The van der Waals surface area contributed by atoms with Crippen LogP contribution in [0.1, 0.15) is 11.1 Å². The van der Waals surface area contributed by atoms with Crippen molar-refractivity contribution in [3.63, 3.8) is 0 Å². The summed E-state index contributed by atoms with van der Waals surface area (Å²) in [7, 11) is -2.09. The third-order valence-electron chi connectivity index (χ3n) is 4.27. The normalized spacial score (nSPS) is 16.5. The van der Waals surface area contributed by atoms with E-state index in [-0.39, 0.29) is 17.5 Å². The maximum absolute atomic E-state index is 12.6. The number of hydrogen-bond donors (Lipinski definition) is 1. The Morgan fingerprint density at radius 1 is 1.12 bits per heavy atom. The molecule has 7 heteroatoms. The predicted octanol–water partition coefficient (Wildman–Crippen LogP) is 2.43. The molecule has 0 amide bonds. The van der Waals surface area contributed by atoms with Gasteiger partial charge in [-0.25, -0.2) is 13.1 Å². The molecule has 1 aliphatic rings. The van der Waals surface area contributed by atoms with Gasteiger partial charge in [0.2, 0.25) is 10.0 Å². The lowest BCUT2D eigenvalue weighted by molar-refractivity contribution is 0.0943. The summed E-state index contributed by atoms with van der Waals surface area (Å²) in [4.78, 5) is 0.239. The zero-order valence-corrected chi connectivity index (χ0v) is 15.2. The van der Waals surface area contributed by atoms with E-state index >= 15 is 0 Å². The SMILES string of the molecule is COc1ccc(S(=O)(=O)NC[C@H]2COc3ccccc3O2)c(C)c1C. The molecule has 0 aliphatic carbocycles. The lowest BCUT2D eigenvalue weighted by Gasteiger charge is -2.26. The van der Waals surface area contributed by atoms with Gasteiger partial charge in [0.25, 0.3) is 0 Å². The van der Waals surface area contributed by atoms with E-state index in [0.29, 0.717) is 29.4 Å². The summed E-state index contributed by atoms with van der Waals surface area (Å²) in [5.41, 5.74) is 1.47. The molecule has 0 radical (unpaired) electrons. The molecule has 2 aromatic carbocycles. The lowest BCUT2D eigenvalue weighted by Crippen LogP contribution is -2.40. The minimum Gasteiger partial charge on any atom is -0.496 e. The summed E-state index contributed by atoms with van der Waals surface area (Å²) in [5, 5.41) is 0. The molecule has 1 aliphatic heterocycles. The number of sulfonamides is 1. The molecule has 0 bridgehead atoms. The Labute approximate surface area is 147 Å². The maximum Gasteiger partial charge on any atom is 0.240 e. The number of methoxy groups -OCH3 is 1. The molecule has 0 fully saturated rings. The fourth-order valence-corrected chi connectivity index (χ4v) is 4.09. The predicted molar refractivity (Wildman–Crippen MR) is 94.0 cm³/mol. The molecular formula is C18H21NO5S. The van der Waals surface area contributed by atoms with Gasteiger partial charge in [0.1, 0.15) is 18.5 Å². The lowest BCUT2D eigenvalue weighted by atomic mass is 10.1. The number of rotatable bonds is 5. The van der Waals surface area contributed by atoms with Gasteiger partial charge < -0.3 is 14.2 Å². The van der Waals surface area contributed by atoms with Crippen molar-refractivity contribution in [2.75, 3.05) is 20.3 Å². The zero-order valence-electron chi connectivity index (χ0n) is 14.4. The second-order valence-corrected chi connectivity index (χ2v) is 7.60. The van der Waals surface area contributed by atoms with Gasteiger partial charge in [-0.15, -0.1) is 0 Å². The van der Waals surface area contributed by atoms with Crippen molar-refractivity contribution in [2.45, 2.75) is 24.8 Å². The van der Waals surface area contributed by atoms with Crippen LogP contribution in [0.5, 0.6) is 17.2 Å². The molecule has 1 heterocycles. The van der Waals surface area contributed by atoms with Crippen molar-refractivity contribution >= 4 is 10.0 Å². The average molecular weight is 363 g/mol. The van der Waals surface area contributed by atoms with E-state index < -0.39 is 10.0 Å². The van der Waals surface area contributed by atoms with Crippen molar-refractivity contribution in [3.8, 4) is 17.2 Å². The Hall–Kier alpha value is -2.25. The van der Waals surface area contributed by atoms with Crippen molar-refractivity contribution in [3.05, 3.63) is 47.5 Å². The van der Waals surface area contributed by atoms with Crippen LogP contribution in [0.25, 0.3) is 0 Å². The van der Waals surface area contributed by atoms with E-state index in [9.17, 15) is 8.42 Å². The number of ether oxygens (including phenoxy) is 3. The molecule has 134 valence electrons. The fourth-order valence-electron chi connectivity index (χ4n) is 2.73. The van der Waals surface area contributed by atoms with Crippen molar-refractivity contribution in [1.82, 2.24) is 4.72 Å². The van der Waals surface area contributed by atoms with Gasteiger partial charge in [-0.05, 0) is 49.2 Å². The Morgan fingerprint density at radius 2 is 1.84 bits per heavy atom. The molecule has 3 rings (SSSR count). The summed E-state index contributed by atoms with van der Waals surface area (Å²) in [6.45, 7) is 4.02. The first-order valence-corrected chi connectivity index (χ1v) is 9.43. The van der Waals surface area contributed by atoms with E-state index in [2.05, 4.69) is 4.72 Å². The first-order valence-electron chi connectivity index (χ1n) is 7.94. The van der Waals surface area contributed by atoms with E-state index in [4.69, 9.17) is 14.2 Å². The average Bonchev–Trinajstić information content (AvgIpc) is 2.62. The largest absolute Gasteiger partial charge is 0.496 e. The van der Waals surface area contributed by atoms with Crippen LogP contribution in [0.4, 0.5) is 0 Å². The molecule has 0 aromatic heterocycles. The summed E-state index contributed by atoms with van der Waals surface area (Å²) in [6.07, 6.45) is -0.385. The quantitative estimate of drug-likeness (QED) is 0.883.